The second kappa shape index (κ2) is 6.43. The summed E-state index contributed by atoms with van der Waals surface area (Å²) in [6.07, 6.45) is 0.833. The summed E-state index contributed by atoms with van der Waals surface area (Å²) in [4.78, 5) is 12.1. The number of nitrogens with zero attached hydrogens (tertiary/aromatic N) is 1. The third-order valence-electron chi connectivity index (χ3n) is 3.94. The summed E-state index contributed by atoms with van der Waals surface area (Å²) in [5.41, 5.74) is 9.51. The summed E-state index contributed by atoms with van der Waals surface area (Å²) in [6.45, 7) is 5.91. The Kier molecular flexibility index (Phi) is 4.83. The lowest BCUT2D eigenvalue weighted by molar-refractivity contribution is -0.120. The van der Waals surface area contributed by atoms with Crippen LogP contribution in [0.4, 0.5) is 0 Å². The average Bonchev–Trinajstić information content (AvgIpc) is 2.77. The molecule has 0 aliphatic rings. The largest absolute Gasteiger partial charge is 0.369 e. The van der Waals surface area contributed by atoms with E-state index in [2.05, 4.69) is 33.1 Å². The second-order valence-electron chi connectivity index (χ2n) is 5.29. The van der Waals surface area contributed by atoms with Gasteiger partial charge in [0.1, 0.15) is 0 Å². The van der Waals surface area contributed by atoms with Crippen LogP contribution in [0.2, 0.25) is 0 Å². The van der Waals surface area contributed by atoms with E-state index < -0.39 is 0 Å². The normalized spacial score (nSPS) is 13.9. The van der Waals surface area contributed by atoms with E-state index in [0.29, 0.717) is 0 Å². The third kappa shape index (κ3) is 3.18. The van der Waals surface area contributed by atoms with E-state index in [1.165, 1.54) is 0 Å². The average molecular weight is 350 g/mol. The van der Waals surface area contributed by atoms with Gasteiger partial charge in [0.05, 0.1) is 11.6 Å². The van der Waals surface area contributed by atoms with E-state index in [9.17, 15) is 4.79 Å². The number of benzene rings is 1. The molecule has 5 heteroatoms. The first-order valence-electron chi connectivity index (χ1n) is 7.02. The van der Waals surface area contributed by atoms with Gasteiger partial charge in [-0.1, -0.05) is 35.0 Å². The molecular weight excluding hydrogens is 330 g/mol. The summed E-state index contributed by atoms with van der Waals surface area (Å²) < 4.78 is 1.02. The Morgan fingerprint density at radius 2 is 1.95 bits per heavy atom. The highest BCUT2D eigenvalue weighted by Gasteiger charge is 2.32. The first kappa shape index (κ1) is 15.8. The molecule has 2 aromatic rings. The molecule has 1 aromatic heterocycles. The number of amides is 1. The van der Waals surface area contributed by atoms with Crippen molar-refractivity contribution in [3.05, 3.63) is 51.3 Å². The zero-order chi connectivity index (χ0) is 15.6. The molecule has 2 rings (SSSR count). The van der Waals surface area contributed by atoms with Crippen LogP contribution in [0.15, 0.2) is 28.7 Å². The van der Waals surface area contributed by atoms with Crippen LogP contribution in [0.5, 0.6) is 0 Å². The van der Waals surface area contributed by atoms with Crippen molar-refractivity contribution in [3.63, 3.8) is 0 Å². The van der Waals surface area contributed by atoms with E-state index in [1.807, 2.05) is 38.1 Å². The maximum absolute atomic E-state index is 12.1. The Labute approximate surface area is 133 Å². The minimum absolute atomic E-state index is 0.0469. The number of hydrogen-bond donors (Lipinski definition) is 2. The molecule has 1 heterocycles. The van der Waals surface area contributed by atoms with E-state index in [0.717, 1.165) is 33.4 Å². The van der Waals surface area contributed by atoms with Gasteiger partial charge >= 0.3 is 0 Å². The van der Waals surface area contributed by atoms with Crippen molar-refractivity contribution in [2.45, 2.75) is 39.0 Å². The fraction of sp³-hybridized carbons (Fsp3) is 0.375. The highest BCUT2D eigenvalue weighted by atomic mass is 79.9. The maximum Gasteiger partial charge on any atom is 0.225 e. The minimum atomic E-state index is -0.366. The molecule has 0 aliphatic carbocycles. The van der Waals surface area contributed by atoms with Crippen LogP contribution in [0.3, 0.4) is 0 Å². The summed E-state index contributed by atoms with van der Waals surface area (Å²) in [7, 11) is 0. The van der Waals surface area contributed by atoms with Crippen molar-refractivity contribution < 1.29 is 4.79 Å². The minimum Gasteiger partial charge on any atom is -0.369 e. The number of hydrogen-bond acceptors (Lipinski definition) is 2. The molecule has 0 fully saturated rings. The monoisotopic (exact) mass is 349 g/mol. The van der Waals surface area contributed by atoms with Gasteiger partial charge in [-0.25, -0.2) is 0 Å². The Bertz CT molecular complexity index is 614. The lowest BCUT2D eigenvalue weighted by Crippen LogP contribution is -2.27. The maximum atomic E-state index is 12.1. The number of carbonyl (C=O) groups excluding carboxylic acids is 1. The lowest BCUT2D eigenvalue weighted by atomic mass is 9.78. The van der Waals surface area contributed by atoms with Crippen LogP contribution in [0.25, 0.3) is 0 Å². The van der Waals surface area contributed by atoms with E-state index in [1.54, 1.807) is 0 Å². The van der Waals surface area contributed by atoms with E-state index in [-0.39, 0.29) is 17.7 Å². The zero-order valence-corrected chi connectivity index (χ0v) is 14.1. The Morgan fingerprint density at radius 3 is 2.38 bits per heavy atom. The number of rotatable bonds is 5. The van der Waals surface area contributed by atoms with Gasteiger partial charge in [-0.05, 0) is 43.9 Å². The van der Waals surface area contributed by atoms with Gasteiger partial charge in [0, 0.05) is 15.7 Å². The summed E-state index contributed by atoms with van der Waals surface area (Å²) in [5.74, 6) is -0.627. The van der Waals surface area contributed by atoms with Crippen molar-refractivity contribution >= 4 is 21.8 Å². The predicted molar refractivity (Wildman–Crippen MR) is 87.2 cm³/mol. The van der Waals surface area contributed by atoms with Crippen molar-refractivity contribution in [3.8, 4) is 0 Å². The molecule has 0 aliphatic heterocycles. The SMILES string of the molecule is CCC(c1ccc(Br)cc1)C(C(N)=O)c1c(C)n[nH]c1C. The predicted octanol–water partition coefficient (Wildman–Crippen LogP) is 3.55. The number of H-pyrrole nitrogens is 1. The van der Waals surface area contributed by atoms with Gasteiger partial charge < -0.3 is 5.73 Å². The summed E-state index contributed by atoms with van der Waals surface area (Å²) in [6, 6.07) is 8.06. The lowest BCUT2D eigenvalue weighted by Gasteiger charge is -2.25. The Balaban J connectivity index is 2.50. The molecular formula is C16H20BrN3O. The standard InChI is InChI=1S/C16H20BrN3O/c1-4-13(11-5-7-12(17)8-6-11)15(16(18)21)14-9(2)19-20-10(14)3/h5-8,13,15H,4H2,1-3H3,(H2,18,21)(H,19,20). The molecule has 1 aromatic carbocycles. The van der Waals surface area contributed by atoms with Crippen LogP contribution >= 0.6 is 15.9 Å². The number of halogens is 1. The van der Waals surface area contributed by atoms with E-state index >= 15 is 0 Å². The fourth-order valence-corrected chi connectivity index (χ4v) is 3.20. The highest BCUT2D eigenvalue weighted by molar-refractivity contribution is 9.10. The van der Waals surface area contributed by atoms with E-state index in [4.69, 9.17) is 5.73 Å². The molecule has 0 saturated heterocycles. The van der Waals surface area contributed by atoms with Crippen LogP contribution < -0.4 is 5.73 Å². The smallest absolute Gasteiger partial charge is 0.225 e. The molecule has 0 saturated carbocycles. The first-order valence-corrected chi connectivity index (χ1v) is 7.81. The molecule has 2 unspecified atom stereocenters. The third-order valence-corrected chi connectivity index (χ3v) is 4.47. The van der Waals surface area contributed by atoms with Gasteiger partial charge in [0.15, 0.2) is 0 Å². The van der Waals surface area contributed by atoms with Gasteiger partial charge in [0.2, 0.25) is 5.91 Å². The number of primary amides is 1. The molecule has 4 nitrogen and oxygen atoms in total. The number of aromatic nitrogens is 2. The molecule has 0 spiro atoms. The molecule has 0 bridgehead atoms. The highest BCUT2D eigenvalue weighted by Crippen LogP contribution is 2.38. The molecule has 0 radical (unpaired) electrons. The second-order valence-corrected chi connectivity index (χ2v) is 6.21. The van der Waals surface area contributed by atoms with Crippen molar-refractivity contribution in [2.75, 3.05) is 0 Å². The van der Waals surface area contributed by atoms with Gasteiger partial charge in [-0.2, -0.15) is 5.10 Å². The summed E-state index contributed by atoms with van der Waals surface area (Å²) in [5, 5.41) is 7.15. The van der Waals surface area contributed by atoms with Crippen molar-refractivity contribution in [2.24, 2.45) is 5.73 Å². The summed E-state index contributed by atoms with van der Waals surface area (Å²) >= 11 is 3.44. The fourth-order valence-electron chi connectivity index (χ4n) is 2.93. The zero-order valence-electron chi connectivity index (χ0n) is 12.5. The van der Waals surface area contributed by atoms with Crippen LogP contribution in [-0.2, 0) is 4.79 Å². The van der Waals surface area contributed by atoms with Gasteiger partial charge in [0.25, 0.3) is 0 Å². The number of nitrogens with one attached hydrogen (secondary N) is 1. The van der Waals surface area contributed by atoms with Crippen LogP contribution in [-0.4, -0.2) is 16.1 Å². The Hall–Kier alpha value is -1.62. The number of aryl methyl sites for hydroxylation is 2. The number of aromatic amines is 1. The van der Waals surface area contributed by atoms with Crippen LogP contribution in [0, 0.1) is 13.8 Å². The molecule has 2 atom stereocenters. The van der Waals surface area contributed by atoms with Crippen molar-refractivity contribution in [1.82, 2.24) is 10.2 Å². The molecule has 21 heavy (non-hydrogen) atoms. The quantitative estimate of drug-likeness (QED) is 0.866. The number of carbonyl (C=O) groups is 1. The first-order chi connectivity index (χ1) is 9.95. The number of nitrogens with two attached hydrogens (primary N) is 1. The van der Waals surface area contributed by atoms with Gasteiger partial charge in [-0.3, -0.25) is 9.89 Å². The van der Waals surface area contributed by atoms with Crippen LogP contribution in [0.1, 0.15) is 47.7 Å². The van der Waals surface area contributed by atoms with Gasteiger partial charge in [-0.15, -0.1) is 0 Å². The molecule has 3 N–H and O–H groups in total. The molecule has 1 amide bonds. The molecule has 112 valence electrons. The Morgan fingerprint density at radius 1 is 1.33 bits per heavy atom. The topological polar surface area (TPSA) is 71.8 Å². The van der Waals surface area contributed by atoms with Crippen molar-refractivity contribution in [1.29, 1.82) is 0 Å².